The maximum absolute atomic E-state index is 11.3. The van der Waals surface area contributed by atoms with Gasteiger partial charge in [0.15, 0.2) is 0 Å². The highest BCUT2D eigenvalue weighted by Gasteiger charge is 1.88. The first-order valence-electron chi connectivity index (χ1n) is 3.03. The third-order valence-electron chi connectivity index (χ3n) is 1.04. The van der Waals surface area contributed by atoms with Gasteiger partial charge >= 0.3 is 0 Å². The number of rotatable bonds is 4. The van der Waals surface area contributed by atoms with Crippen molar-refractivity contribution in [1.82, 2.24) is 0 Å². The van der Waals surface area contributed by atoms with E-state index >= 15 is 0 Å². The van der Waals surface area contributed by atoms with Gasteiger partial charge in [-0.05, 0) is 17.0 Å². The van der Waals surface area contributed by atoms with E-state index in [0.29, 0.717) is 0 Å². The lowest BCUT2D eigenvalue weighted by atomic mass is 10.2. The van der Waals surface area contributed by atoms with Crippen LogP contribution in [0.4, 0.5) is 4.53 Å². The van der Waals surface area contributed by atoms with Crippen molar-refractivity contribution in [3.8, 4) is 0 Å². The lowest BCUT2D eigenvalue weighted by Crippen LogP contribution is -1.86. The molecule has 0 radical (unpaired) electrons. The Morgan fingerprint density at radius 2 is 2.40 bits per heavy atom. The van der Waals surface area contributed by atoms with Crippen molar-refractivity contribution in [1.29, 1.82) is 0 Å². The summed E-state index contributed by atoms with van der Waals surface area (Å²) < 4.78 is 11.3. The minimum Gasteiger partial charge on any atom is -0.189 e. The third kappa shape index (κ3) is 4.04. The van der Waals surface area contributed by atoms with Crippen LogP contribution in [0.15, 0.2) is 36.5 Å². The maximum atomic E-state index is 11.3. The summed E-state index contributed by atoms with van der Waals surface area (Å²) in [4.78, 5) is 3.44. The Kier molecular flexibility index (Phi) is 5.68. The first kappa shape index (κ1) is 9.11. The van der Waals surface area contributed by atoms with Crippen LogP contribution in [0.2, 0.25) is 0 Å². The molecule has 0 heterocycles. The zero-order valence-electron chi connectivity index (χ0n) is 6.01. The maximum Gasteiger partial charge on any atom is 0.112 e. The second kappa shape index (κ2) is 6.23. The van der Waals surface area contributed by atoms with Gasteiger partial charge in [0, 0.05) is 0 Å². The Morgan fingerprint density at radius 3 is 2.80 bits per heavy atom. The van der Waals surface area contributed by atoms with E-state index < -0.39 is 0 Å². The predicted octanol–water partition coefficient (Wildman–Crippen LogP) is 2.58. The first-order valence-corrected chi connectivity index (χ1v) is 3.03. The molecule has 10 heavy (non-hydrogen) atoms. The molecule has 0 saturated carbocycles. The van der Waals surface area contributed by atoms with Crippen molar-refractivity contribution in [2.45, 2.75) is 6.92 Å². The van der Waals surface area contributed by atoms with Gasteiger partial charge in [-0.25, -0.2) is 0 Å². The lowest BCUT2D eigenvalue weighted by Gasteiger charge is -1.92. The van der Waals surface area contributed by atoms with Crippen LogP contribution in [-0.2, 0) is 4.94 Å². The van der Waals surface area contributed by atoms with Gasteiger partial charge in [-0.2, -0.15) is 4.94 Å². The molecule has 0 amide bonds. The van der Waals surface area contributed by atoms with Gasteiger partial charge in [-0.1, -0.05) is 30.9 Å². The normalized spacial score (nSPS) is 12.4. The summed E-state index contributed by atoms with van der Waals surface area (Å²) in [5.41, 5.74) is 0.794. The molecule has 0 N–H and O–H groups in total. The molecule has 56 valence electrons. The van der Waals surface area contributed by atoms with E-state index in [-0.39, 0.29) is 6.61 Å². The highest BCUT2D eigenvalue weighted by Crippen LogP contribution is 1.97. The molecule has 0 fully saturated rings. The number of hydrogen-bond donors (Lipinski definition) is 0. The summed E-state index contributed by atoms with van der Waals surface area (Å²) in [6.45, 7) is 5.30. The van der Waals surface area contributed by atoms with Crippen LogP contribution in [0.3, 0.4) is 0 Å². The topological polar surface area (TPSA) is 9.23 Å². The van der Waals surface area contributed by atoms with Crippen LogP contribution in [0.1, 0.15) is 6.92 Å². The summed E-state index contributed by atoms with van der Waals surface area (Å²) in [5, 5.41) is 0. The molecule has 0 saturated heterocycles. The molecular weight excluding hydrogens is 131 g/mol. The van der Waals surface area contributed by atoms with Crippen molar-refractivity contribution in [3.05, 3.63) is 36.5 Å². The van der Waals surface area contributed by atoms with Gasteiger partial charge in [-0.3, -0.25) is 0 Å². The largest absolute Gasteiger partial charge is 0.189 e. The molecule has 0 unspecified atom stereocenters. The van der Waals surface area contributed by atoms with Crippen molar-refractivity contribution >= 4 is 0 Å². The molecular formula is C8H11FO. The van der Waals surface area contributed by atoms with Gasteiger partial charge in [0.05, 0.1) is 0 Å². The average molecular weight is 142 g/mol. The molecule has 0 spiro atoms. The standard InChI is InChI=1S/C8H11FO/c1-3-5-6-8(4-2)7-10-9/h3-6H,1,7H2,2H3/b6-5-,8-4+. The summed E-state index contributed by atoms with van der Waals surface area (Å²) >= 11 is 0. The zero-order chi connectivity index (χ0) is 7.82. The highest BCUT2D eigenvalue weighted by atomic mass is 19.3. The molecule has 0 aliphatic carbocycles. The van der Waals surface area contributed by atoms with Crippen LogP contribution in [0, 0.1) is 0 Å². The smallest absolute Gasteiger partial charge is 0.112 e. The van der Waals surface area contributed by atoms with Crippen LogP contribution in [0.5, 0.6) is 0 Å². The van der Waals surface area contributed by atoms with Gasteiger partial charge in [0.2, 0.25) is 0 Å². The molecule has 1 nitrogen and oxygen atoms in total. The molecule has 0 aromatic heterocycles. The summed E-state index contributed by atoms with van der Waals surface area (Å²) in [5.74, 6) is 0. The molecule has 0 bridgehead atoms. The van der Waals surface area contributed by atoms with E-state index in [0.717, 1.165) is 5.57 Å². The van der Waals surface area contributed by atoms with Crippen LogP contribution in [0.25, 0.3) is 0 Å². The van der Waals surface area contributed by atoms with Crippen LogP contribution < -0.4 is 0 Å². The quantitative estimate of drug-likeness (QED) is 0.548. The Morgan fingerprint density at radius 1 is 1.70 bits per heavy atom. The van der Waals surface area contributed by atoms with Gasteiger partial charge in [0.1, 0.15) is 6.61 Å². The Labute approximate surface area is 60.4 Å². The Hall–Kier alpha value is -0.890. The van der Waals surface area contributed by atoms with E-state index in [1.807, 2.05) is 6.92 Å². The van der Waals surface area contributed by atoms with Gasteiger partial charge in [0.25, 0.3) is 0 Å². The molecule has 0 rings (SSSR count). The van der Waals surface area contributed by atoms with Gasteiger partial charge < -0.3 is 0 Å². The van der Waals surface area contributed by atoms with Crippen molar-refractivity contribution < 1.29 is 9.47 Å². The van der Waals surface area contributed by atoms with E-state index in [2.05, 4.69) is 11.5 Å². The van der Waals surface area contributed by atoms with Crippen LogP contribution >= 0.6 is 0 Å². The molecule has 0 atom stereocenters. The van der Waals surface area contributed by atoms with E-state index in [1.54, 1.807) is 24.3 Å². The average Bonchev–Trinajstić information content (AvgIpc) is 1.98. The minimum absolute atomic E-state index is 0.000833. The van der Waals surface area contributed by atoms with E-state index in [1.165, 1.54) is 0 Å². The number of halogens is 1. The van der Waals surface area contributed by atoms with Crippen LogP contribution in [-0.4, -0.2) is 6.61 Å². The molecule has 0 aromatic rings. The zero-order valence-corrected chi connectivity index (χ0v) is 6.01. The number of hydrogen-bond acceptors (Lipinski definition) is 1. The Balaban J connectivity index is 3.84. The monoisotopic (exact) mass is 142 g/mol. The fourth-order valence-corrected chi connectivity index (χ4v) is 0.482. The predicted molar refractivity (Wildman–Crippen MR) is 40.2 cm³/mol. The molecule has 0 aliphatic rings. The highest BCUT2D eigenvalue weighted by molar-refractivity contribution is 5.21. The SMILES string of the molecule is C=C/C=C\C(=C/C)COF. The third-order valence-corrected chi connectivity index (χ3v) is 1.04. The first-order chi connectivity index (χ1) is 4.85. The second-order valence-corrected chi connectivity index (χ2v) is 1.71. The summed E-state index contributed by atoms with van der Waals surface area (Å²) in [6.07, 6.45) is 6.88. The molecule has 0 aliphatic heterocycles. The number of allylic oxidation sites excluding steroid dienone is 3. The van der Waals surface area contributed by atoms with E-state index in [9.17, 15) is 4.53 Å². The van der Waals surface area contributed by atoms with Gasteiger partial charge in [-0.15, -0.1) is 0 Å². The van der Waals surface area contributed by atoms with Crippen molar-refractivity contribution in [3.63, 3.8) is 0 Å². The summed E-state index contributed by atoms with van der Waals surface area (Å²) in [7, 11) is 0. The fraction of sp³-hybridized carbons (Fsp3) is 0.250. The summed E-state index contributed by atoms with van der Waals surface area (Å²) in [6, 6.07) is 0. The lowest BCUT2D eigenvalue weighted by molar-refractivity contribution is -0.120. The Bertz CT molecular complexity index is 147. The molecule has 2 heteroatoms. The minimum atomic E-state index is 0.000833. The fourth-order valence-electron chi connectivity index (χ4n) is 0.482. The van der Waals surface area contributed by atoms with Crippen molar-refractivity contribution in [2.75, 3.05) is 6.61 Å². The second-order valence-electron chi connectivity index (χ2n) is 1.71. The van der Waals surface area contributed by atoms with E-state index in [4.69, 9.17) is 0 Å². The van der Waals surface area contributed by atoms with Crippen molar-refractivity contribution in [2.24, 2.45) is 0 Å². The molecule has 0 aromatic carbocycles.